The van der Waals surface area contributed by atoms with Gasteiger partial charge in [0.1, 0.15) is 6.54 Å². The van der Waals surface area contributed by atoms with Gasteiger partial charge in [-0.05, 0) is 54.2 Å². The molecule has 0 atom stereocenters. The van der Waals surface area contributed by atoms with Crippen LogP contribution in [0.25, 0.3) is 11.4 Å². The molecule has 0 aliphatic carbocycles. The summed E-state index contributed by atoms with van der Waals surface area (Å²) in [6, 6.07) is 15.6. The lowest BCUT2D eigenvalue weighted by Gasteiger charge is -2.34. The van der Waals surface area contributed by atoms with Crippen LogP contribution >= 0.6 is 23.8 Å². The van der Waals surface area contributed by atoms with Gasteiger partial charge in [0.2, 0.25) is 5.91 Å². The highest BCUT2D eigenvalue weighted by molar-refractivity contribution is 7.71. The summed E-state index contributed by atoms with van der Waals surface area (Å²) in [5, 5.41) is 10.8. The number of likely N-dealkylation sites (N-methyl/N-ethyl adjacent to an activating group) is 1. The highest BCUT2D eigenvalue weighted by Gasteiger charge is 2.17. The van der Waals surface area contributed by atoms with Gasteiger partial charge in [-0.15, -0.1) is 0 Å². The molecule has 0 radical (unpaired) electrons. The van der Waals surface area contributed by atoms with Crippen molar-refractivity contribution in [1.29, 1.82) is 0 Å². The summed E-state index contributed by atoms with van der Waals surface area (Å²) >= 11 is 11.3. The number of benzene rings is 2. The van der Waals surface area contributed by atoms with Crippen LogP contribution in [0, 0.1) is 4.77 Å². The van der Waals surface area contributed by atoms with E-state index >= 15 is 0 Å². The number of nitrogens with zero attached hydrogens (tertiary/aromatic N) is 4. The van der Waals surface area contributed by atoms with Gasteiger partial charge >= 0.3 is 0 Å². The maximum Gasteiger partial charge on any atom is 0.240 e. The number of H-pyrrole nitrogens is 1. The lowest BCUT2D eigenvalue weighted by Crippen LogP contribution is -2.45. The zero-order chi connectivity index (χ0) is 23.2. The van der Waals surface area contributed by atoms with Crippen LogP contribution < -0.4 is 5.32 Å². The minimum absolute atomic E-state index is 0.0917. The number of aromatic nitrogens is 3. The lowest BCUT2D eigenvalue weighted by atomic mass is 10.1. The molecule has 1 aromatic heterocycles. The number of hydrogen-bond donors (Lipinski definition) is 2. The third-order valence-electron chi connectivity index (χ3n) is 6.06. The third kappa shape index (κ3) is 6.09. The van der Waals surface area contributed by atoms with Gasteiger partial charge < -0.3 is 10.2 Å². The van der Waals surface area contributed by atoms with Crippen molar-refractivity contribution in [3.05, 3.63) is 69.5 Å². The first-order chi connectivity index (χ1) is 16.0. The van der Waals surface area contributed by atoms with Crippen LogP contribution in [0.2, 0.25) is 5.02 Å². The third-order valence-corrected chi connectivity index (χ3v) is 6.63. The zero-order valence-corrected chi connectivity index (χ0v) is 20.3. The van der Waals surface area contributed by atoms with E-state index < -0.39 is 0 Å². The molecule has 2 aromatic carbocycles. The van der Waals surface area contributed by atoms with E-state index in [9.17, 15) is 4.79 Å². The molecule has 1 aliphatic heterocycles. The molecule has 1 saturated heterocycles. The highest BCUT2D eigenvalue weighted by atomic mass is 35.5. The number of carbonyl (C=O) groups excluding carboxylic acids is 1. The quantitative estimate of drug-likeness (QED) is 0.477. The van der Waals surface area contributed by atoms with Gasteiger partial charge in [0.15, 0.2) is 10.6 Å². The van der Waals surface area contributed by atoms with E-state index in [0.29, 0.717) is 22.2 Å². The number of carbonyl (C=O) groups is 1. The Hall–Kier alpha value is -2.52. The Morgan fingerprint density at radius 1 is 1.06 bits per heavy atom. The molecule has 33 heavy (non-hydrogen) atoms. The molecule has 7 nitrogen and oxygen atoms in total. The largest absolute Gasteiger partial charge is 0.350 e. The first kappa shape index (κ1) is 23.6. The summed E-state index contributed by atoms with van der Waals surface area (Å²) < 4.78 is 2.11. The van der Waals surface area contributed by atoms with Crippen molar-refractivity contribution in [3.63, 3.8) is 0 Å². The molecule has 9 heteroatoms. The van der Waals surface area contributed by atoms with E-state index in [0.717, 1.165) is 50.4 Å². The van der Waals surface area contributed by atoms with Gasteiger partial charge in [-0.3, -0.25) is 19.4 Å². The standard InChI is InChI=1S/C24H29ClN6OS/c1-2-29-11-13-30(14-12-29)16-20-6-4-3-5-19(20)15-26-22(32)17-31-23(27-28-24(31)33)18-7-9-21(25)10-8-18/h3-10H,2,11-17H2,1H3,(H,26,32)(H,28,33). The summed E-state index contributed by atoms with van der Waals surface area (Å²) in [6.45, 7) is 9.14. The van der Waals surface area contributed by atoms with E-state index in [-0.39, 0.29) is 12.5 Å². The van der Waals surface area contributed by atoms with Gasteiger partial charge in [0.05, 0.1) is 0 Å². The molecule has 2 heterocycles. The van der Waals surface area contributed by atoms with Gasteiger partial charge in [-0.25, -0.2) is 0 Å². The van der Waals surface area contributed by atoms with Crippen molar-refractivity contribution in [1.82, 2.24) is 29.9 Å². The molecule has 0 bridgehead atoms. The number of halogens is 1. The van der Waals surface area contributed by atoms with Crippen LogP contribution in [-0.2, 0) is 24.4 Å². The molecular formula is C24H29ClN6OS. The van der Waals surface area contributed by atoms with Crippen LogP contribution in [0.3, 0.4) is 0 Å². The second kappa shape index (κ2) is 11.1. The topological polar surface area (TPSA) is 69.2 Å². The zero-order valence-electron chi connectivity index (χ0n) is 18.8. The fraction of sp³-hybridized carbons (Fsp3) is 0.375. The number of nitrogens with one attached hydrogen (secondary N) is 2. The summed E-state index contributed by atoms with van der Waals surface area (Å²) in [7, 11) is 0. The monoisotopic (exact) mass is 484 g/mol. The van der Waals surface area contributed by atoms with Crippen LogP contribution in [-0.4, -0.2) is 63.2 Å². The average molecular weight is 485 g/mol. The number of piperazine rings is 1. The summed E-state index contributed by atoms with van der Waals surface area (Å²) in [5.41, 5.74) is 3.23. The Morgan fingerprint density at radius 3 is 2.42 bits per heavy atom. The Balaban J connectivity index is 1.38. The van der Waals surface area contributed by atoms with Crippen molar-refractivity contribution in [2.75, 3.05) is 32.7 Å². The van der Waals surface area contributed by atoms with Crippen LogP contribution in [0.15, 0.2) is 48.5 Å². The van der Waals surface area contributed by atoms with Gasteiger partial charge in [0.25, 0.3) is 0 Å². The van der Waals surface area contributed by atoms with E-state index in [1.165, 1.54) is 5.56 Å². The maximum absolute atomic E-state index is 12.8. The first-order valence-electron chi connectivity index (χ1n) is 11.2. The van der Waals surface area contributed by atoms with Gasteiger partial charge in [-0.2, -0.15) is 5.10 Å². The Bertz CT molecular complexity index is 1130. The molecule has 1 amide bonds. The van der Waals surface area contributed by atoms with Crippen LogP contribution in [0.4, 0.5) is 0 Å². The van der Waals surface area contributed by atoms with Crippen molar-refractivity contribution in [2.24, 2.45) is 0 Å². The Kier molecular flexibility index (Phi) is 7.93. The van der Waals surface area contributed by atoms with Crippen molar-refractivity contribution < 1.29 is 4.79 Å². The fourth-order valence-electron chi connectivity index (χ4n) is 4.07. The van der Waals surface area contributed by atoms with E-state index in [4.69, 9.17) is 23.8 Å². The number of amides is 1. The van der Waals surface area contributed by atoms with Crippen molar-refractivity contribution in [3.8, 4) is 11.4 Å². The lowest BCUT2D eigenvalue weighted by molar-refractivity contribution is -0.121. The smallest absolute Gasteiger partial charge is 0.240 e. The predicted molar refractivity (Wildman–Crippen MR) is 134 cm³/mol. The predicted octanol–water partition coefficient (Wildman–Crippen LogP) is 3.71. The molecule has 4 rings (SSSR count). The molecule has 0 unspecified atom stereocenters. The fourth-order valence-corrected chi connectivity index (χ4v) is 4.39. The molecule has 0 spiro atoms. The molecule has 1 fully saturated rings. The first-order valence-corrected chi connectivity index (χ1v) is 12.0. The Labute approximate surface area is 204 Å². The number of aromatic amines is 1. The van der Waals surface area contributed by atoms with Crippen molar-refractivity contribution in [2.45, 2.75) is 26.6 Å². The molecule has 1 aliphatic rings. The highest BCUT2D eigenvalue weighted by Crippen LogP contribution is 2.20. The van der Waals surface area contributed by atoms with E-state index in [1.54, 1.807) is 16.7 Å². The summed E-state index contributed by atoms with van der Waals surface area (Å²) in [5.74, 6) is 0.493. The summed E-state index contributed by atoms with van der Waals surface area (Å²) in [4.78, 5) is 17.7. The molecule has 0 saturated carbocycles. The molecule has 2 N–H and O–H groups in total. The van der Waals surface area contributed by atoms with Crippen LogP contribution in [0.5, 0.6) is 0 Å². The second-order valence-electron chi connectivity index (χ2n) is 8.20. The number of hydrogen-bond acceptors (Lipinski definition) is 5. The minimum Gasteiger partial charge on any atom is -0.350 e. The normalized spacial score (nSPS) is 15.0. The molecule has 174 valence electrons. The second-order valence-corrected chi connectivity index (χ2v) is 9.02. The average Bonchev–Trinajstić information content (AvgIpc) is 3.19. The van der Waals surface area contributed by atoms with E-state index in [1.807, 2.05) is 18.2 Å². The van der Waals surface area contributed by atoms with Gasteiger partial charge in [0, 0.05) is 49.9 Å². The van der Waals surface area contributed by atoms with Gasteiger partial charge in [-0.1, -0.05) is 42.8 Å². The maximum atomic E-state index is 12.8. The SMILES string of the molecule is CCN1CCN(Cc2ccccc2CNC(=O)Cn2c(-c3ccc(Cl)cc3)n[nH]c2=S)CC1. The minimum atomic E-state index is -0.117. The number of rotatable bonds is 8. The molecular weight excluding hydrogens is 456 g/mol. The molecule has 3 aromatic rings. The Morgan fingerprint density at radius 2 is 1.73 bits per heavy atom. The van der Waals surface area contributed by atoms with Crippen LogP contribution in [0.1, 0.15) is 18.1 Å². The van der Waals surface area contributed by atoms with E-state index in [2.05, 4.69) is 50.4 Å². The van der Waals surface area contributed by atoms with Crippen molar-refractivity contribution >= 4 is 29.7 Å². The summed E-state index contributed by atoms with van der Waals surface area (Å²) in [6.07, 6.45) is 0.